The van der Waals surface area contributed by atoms with Crippen molar-refractivity contribution in [3.8, 4) is 5.75 Å². The Morgan fingerprint density at radius 2 is 2.27 bits per heavy atom. The molecule has 6 heteroatoms. The van der Waals surface area contributed by atoms with Gasteiger partial charge in [-0.3, -0.25) is 10.1 Å². The minimum Gasteiger partial charge on any atom is -0.487 e. The van der Waals surface area contributed by atoms with Crippen molar-refractivity contribution < 1.29 is 9.66 Å². The Labute approximate surface area is 92.8 Å². The molecule has 82 valence electrons. The third kappa shape index (κ3) is 2.03. The van der Waals surface area contributed by atoms with Gasteiger partial charge in [0.2, 0.25) is 5.75 Å². The molecule has 0 fully saturated rings. The number of halogens is 1. The third-order valence-electron chi connectivity index (χ3n) is 2.30. The van der Waals surface area contributed by atoms with Crippen molar-refractivity contribution in [1.29, 1.82) is 0 Å². The number of para-hydroxylation sites is 1. The highest BCUT2D eigenvalue weighted by molar-refractivity contribution is 5.85. The van der Waals surface area contributed by atoms with Crippen molar-refractivity contribution in [3.05, 3.63) is 33.9 Å². The molecule has 1 aliphatic heterocycles. The lowest BCUT2D eigenvalue weighted by Crippen LogP contribution is -2.21. The standard InChI is InChI=1S/C9H10N2O3.ClH/c10-7-4-5-14-9-6(7)2-1-3-8(9)11(12)13;/h1-3,7H,4-5,10H2;1H/t7-;/m1./s1. The van der Waals surface area contributed by atoms with Crippen LogP contribution in [0.25, 0.3) is 0 Å². The molecule has 1 heterocycles. The van der Waals surface area contributed by atoms with Gasteiger partial charge in [-0.2, -0.15) is 0 Å². The average molecular weight is 231 g/mol. The summed E-state index contributed by atoms with van der Waals surface area (Å²) in [5, 5.41) is 10.7. The molecule has 1 aromatic rings. The van der Waals surface area contributed by atoms with Crippen molar-refractivity contribution in [1.82, 2.24) is 0 Å². The number of benzene rings is 1. The molecule has 0 aliphatic carbocycles. The lowest BCUT2D eigenvalue weighted by molar-refractivity contribution is -0.386. The maximum Gasteiger partial charge on any atom is 0.311 e. The molecule has 5 nitrogen and oxygen atoms in total. The second kappa shape index (κ2) is 4.46. The molecule has 2 N–H and O–H groups in total. The van der Waals surface area contributed by atoms with E-state index >= 15 is 0 Å². The van der Waals surface area contributed by atoms with Crippen molar-refractivity contribution >= 4 is 18.1 Å². The van der Waals surface area contributed by atoms with Gasteiger partial charge in [-0.05, 0) is 0 Å². The smallest absolute Gasteiger partial charge is 0.311 e. The average Bonchev–Trinajstić information content (AvgIpc) is 2.17. The topological polar surface area (TPSA) is 78.4 Å². The predicted molar refractivity (Wildman–Crippen MR) is 57.4 cm³/mol. The van der Waals surface area contributed by atoms with E-state index in [1.807, 2.05) is 0 Å². The molecular weight excluding hydrogens is 220 g/mol. The minimum atomic E-state index is -0.448. The number of hydrogen-bond acceptors (Lipinski definition) is 4. The Balaban J connectivity index is 0.00000112. The van der Waals surface area contributed by atoms with Gasteiger partial charge < -0.3 is 10.5 Å². The van der Waals surface area contributed by atoms with Gasteiger partial charge in [-0.1, -0.05) is 12.1 Å². The summed E-state index contributed by atoms with van der Waals surface area (Å²) in [7, 11) is 0. The van der Waals surface area contributed by atoms with E-state index in [4.69, 9.17) is 10.5 Å². The molecular formula is C9H11ClN2O3. The summed E-state index contributed by atoms with van der Waals surface area (Å²) in [6, 6.07) is 4.67. The van der Waals surface area contributed by atoms with Gasteiger partial charge in [0.15, 0.2) is 0 Å². The number of nitrogens with zero attached hydrogens (tertiary/aromatic N) is 1. The Morgan fingerprint density at radius 1 is 1.53 bits per heavy atom. The predicted octanol–water partition coefficient (Wildman–Crippen LogP) is 1.80. The zero-order valence-electron chi connectivity index (χ0n) is 7.88. The van der Waals surface area contributed by atoms with Crippen LogP contribution in [0.15, 0.2) is 18.2 Å². The maximum atomic E-state index is 10.7. The van der Waals surface area contributed by atoms with E-state index in [9.17, 15) is 10.1 Å². The van der Waals surface area contributed by atoms with Crippen LogP contribution in [0.5, 0.6) is 5.75 Å². The monoisotopic (exact) mass is 230 g/mol. The number of nitrogens with two attached hydrogens (primary N) is 1. The molecule has 1 aliphatic rings. The van der Waals surface area contributed by atoms with E-state index in [2.05, 4.69) is 0 Å². The van der Waals surface area contributed by atoms with E-state index in [0.29, 0.717) is 18.8 Å². The van der Waals surface area contributed by atoms with Crippen LogP contribution in [0.3, 0.4) is 0 Å². The molecule has 0 aromatic heterocycles. The Hall–Kier alpha value is -1.33. The molecule has 0 saturated heterocycles. The highest BCUT2D eigenvalue weighted by atomic mass is 35.5. The summed E-state index contributed by atoms with van der Waals surface area (Å²) in [6.45, 7) is 0.443. The van der Waals surface area contributed by atoms with Crippen molar-refractivity contribution in [2.45, 2.75) is 12.5 Å². The fraction of sp³-hybridized carbons (Fsp3) is 0.333. The number of fused-ring (bicyclic) bond motifs is 1. The number of nitro benzene ring substituents is 1. The molecule has 2 rings (SSSR count). The maximum absolute atomic E-state index is 10.7. The largest absolute Gasteiger partial charge is 0.487 e. The normalized spacial score (nSPS) is 18.3. The van der Waals surface area contributed by atoms with Crippen LogP contribution in [-0.2, 0) is 0 Å². The summed E-state index contributed by atoms with van der Waals surface area (Å²) >= 11 is 0. The second-order valence-corrected chi connectivity index (χ2v) is 3.20. The Bertz CT molecular complexity index is 384. The van der Waals surface area contributed by atoms with Crippen LogP contribution in [0, 0.1) is 10.1 Å². The lowest BCUT2D eigenvalue weighted by atomic mass is 10.0. The molecule has 1 aromatic carbocycles. The van der Waals surface area contributed by atoms with Crippen molar-refractivity contribution in [2.75, 3.05) is 6.61 Å². The van der Waals surface area contributed by atoms with Crippen molar-refractivity contribution in [2.24, 2.45) is 5.73 Å². The van der Waals surface area contributed by atoms with Gasteiger partial charge in [0.05, 0.1) is 11.5 Å². The molecule has 0 bridgehead atoms. The fourth-order valence-electron chi connectivity index (χ4n) is 1.58. The van der Waals surface area contributed by atoms with E-state index in [-0.39, 0.29) is 24.1 Å². The summed E-state index contributed by atoms with van der Waals surface area (Å²) < 4.78 is 5.26. The Morgan fingerprint density at radius 3 is 2.93 bits per heavy atom. The third-order valence-corrected chi connectivity index (χ3v) is 2.30. The highest BCUT2D eigenvalue weighted by Gasteiger charge is 2.25. The number of rotatable bonds is 1. The van der Waals surface area contributed by atoms with Crippen LogP contribution in [0.1, 0.15) is 18.0 Å². The van der Waals surface area contributed by atoms with E-state index in [1.165, 1.54) is 6.07 Å². The van der Waals surface area contributed by atoms with E-state index < -0.39 is 4.92 Å². The van der Waals surface area contributed by atoms with Crippen LogP contribution in [0.4, 0.5) is 5.69 Å². The first kappa shape index (κ1) is 11.7. The number of nitro groups is 1. The van der Waals surface area contributed by atoms with Gasteiger partial charge in [-0.15, -0.1) is 12.4 Å². The zero-order valence-corrected chi connectivity index (χ0v) is 8.70. The summed E-state index contributed by atoms with van der Waals surface area (Å²) in [4.78, 5) is 10.2. The summed E-state index contributed by atoms with van der Waals surface area (Å²) in [6.07, 6.45) is 0.703. The molecule has 0 unspecified atom stereocenters. The van der Waals surface area contributed by atoms with Gasteiger partial charge >= 0.3 is 5.69 Å². The first-order valence-electron chi connectivity index (χ1n) is 4.36. The lowest BCUT2D eigenvalue weighted by Gasteiger charge is -2.22. The minimum absolute atomic E-state index is 0. The van der Waals surface area contributed by atoms with Gasteiger partial charge in [0.25, 0.3) is 0 Å². The zero-order chi connectivity index (χ0) is 10.1. The van der Waals surface area contributed by atoms with E-state index in [0.717, 1.165) is 5.56 Å². The molecule has 0 radical (unpaired) electrons. The van der Waals surface area contributed by atoms with Crippen LogP contribution < -0.4 is 10.5 Å². The SMILES string of the molecule is Cl.N[C@@H]1CCOc2c1cccc2[N+](=O)[O-]. The van der Waals surface area contributed by atoms with Crippen molar-refractivity contribution in [3.63, 3.8) is 0 Å². The second-order valence-electron chi connectivity index (χ2n) is 3.20. The highest BCUT2D eigenvalue weighted by Crippen LogP contribution is 2.37. The van der Waals surface area contributed by atoms with Gasteiger partial charge in [0, 0.05) is 24.1 Å². The molecule has 0 amide bonds. The first-order chi connectivity index (χ1) is 6.70. The number of ether oxygens (including phenoxy) is 1. The van der Waals surface area contributed by atoms with E-state index in [1.54, 1.807) is 12.1 Å². The van der Waals surface area contributed by atoms with Crippen LogP contribution >= 0.6 is 12.4 Å². The summed E-state index contributed by atoms with van der Waals surface area (Å²) in [5.74, 6) is 0.330. The van der Waals surface area contributed by atoms with Gasteiger partial charge in [-0.25, -0.2) is 0 Å². The molecule has 15 heavy (non-hydrogen) atoms. The van der Waals surface area contributed by atoms with Crippen LogP contribution in [0.2, 0.25) is 0 Å². The first-order valence-corrected chi connectivity index (χ1v) is 4.36. The van der Waals surface area contributed by atoms with Crippen LogP contribution in [-0.4, -0.2) is 11.5 Å². The molecule has 1 atom stereocenters. The quantitative estimate of drug-likeness (QED) is 0.589. The molecule has 0 saturated carbocycles. The fourth-order valence-corrected chi connectivity index (χ4v) is 1.58. The molecule has 0 spiro atoms. The summed E-state index contributed by atoms with van der Waals surface area (Å²) in [5.41, 5.74) is 6.54. The Kier molecular flexibility index (Phi) is 3.49. The van der Waals surface area contributed by atoms with Gasteiger partial charge in [0.1, 0.15) is 0 Å². The number of hydrogen-bond donors (Lipinski definition) is 1.